The van der Waals surface area contributed by atoms with Gasteiger partial charge in [-0.1, -0.05) is 13.3 Å². The molecule has 0 saturated carbocycles. The van der Waals surface area contributed by atoms with Crippen molar-refractivity contribution in [3.63, 3.8) is 0 Å². The number of nitrogen functional groups attached to an aromatic ring is 1. The van der Waals surface area contributed by atoms with Gasteiger partial charge in [-0.25, -0.2) is 0 Å². The monoisotopic (exact) mass is 234 g/mol. The Balaban J connectivity index is 1.88. The second kappa shape index (κ2) is 5.98. The maximum Gasteiger partial charge on any atom is 0.0564 e. The first-order chi connectivity index (χ1) is 8.31. The summed E-state index contributed by atoms with van der Waals surface area (Å²) in [6.07, 6.45) is 5.80. The number of anilines is 1. The van der Waals surface area contributed by atoms with Crippen LogP contribution in [0.1, 0.15) is 31.9 Å². The van der Waals surface area contributed by atoms with E-state index in [4.69, 9.17) is 5.84 Å². The molecule has 4 heteroatoms. The minimum absolute atomic E-state index is 0.885. The van der Waals surface area contributed by atoms with Crippen LogP contribution >= 0.6 is 0 Å². The molecule has 1 atom stereocenters. The molecule has 1 aromatic heterocycles. The van der Waals surface area contributed by atoms with Gasteiger partial charge in [0.25, 0.3) is 0 Å². The average molecular weight is 234 g/mol. The minimum atomic E-state index is 0.885. The van der Waals surface area contributed by atoms with Gasteiger partial charge in [0.1, 0.15) is 0 Å². The number of aromatic nitrogens is 1. The van der Waals surface area contributed by atoms with Gasteiger partial charge < -0.3 is 5.43 Å². The molecule has 2 rings (SSSR count). The number of nitrogens with zero attached hydrogens (tertiary/aromatic N) is 2. The molecule has 4 nitrogen and oxygen atoms in total. The van der Waals surface area contributed by atoms with Gasteiger partial charge in [-0.3, -0.25) is 15.7 Å². The van der Waals surface area contributed by atoms with E-state index in [1.165, 1.54) is 32.4 Å². The largest absolute Gasteiger partial charge is 0.324 e. The Bertz CT molecular complexity index is 353. The van der Waals surface area contributed by atoms with E-state index in [9.17, 15) is 0 Å². The predicted molar refractivity (Wildman–Crippen MR) is 70.3 cm³/mol. The highest BCUT2D eigenvalue weighted by Gasteiger charge is 2.21. The summed E-state index contributed by atoms with van der Waals surface area (Å²) in [5, 5.41) is 0. The zero-order chi connectivity index (χ0) is 12.1. The standard InChI is InChI=1S/C13H22N4/c1-2-3-11-5-7-17(9-11)10-13-8-12(16-14)4-6-15-13/h4,6,8,11H,2-3,5,7,9-10,14H2,1H3,(H,15,16). The molecule has 94 valence electrons. The molecule has 17 heavy (non-hydrogen) atoms. The topological polar surface area (TPSA) is 54.2 Å². The van der Waals surface area contributed by atoms with Crippen LogP contribution in [0.25, 0.3) is 0 Å². The van der Waals surface area contributed by atoms with Crippen molar-refractivity contribution in [1.29, 1.82) is 0 Å². The molecule has 0 spiro atoms. The molecule has 1 fully saturated rings. The molecule has 0 amide bonds. The Morgan fingerprint density at radius 2 is 2.47 bits per heavy atom. The van der Waals surface area contributed by atoms with Gasteiger partial charge in [0.2, 0.25) is 0 Å². The lowest BCUT2D eigenvalue weighted by atomic mass is 10.0. The van der Waals surface area contributed by atoms with E-state index in [0.29, 0.717) is 0 Å². The van der Waals surface area contributed by atoms with E-state index in [-0.39, 0.29) is 0 Å². The highest BCUT2D eigenvalue weighted by Crippen LogP contribution is 2.22. The van der Waals surface area contributed by atoms with Gasteiger partial charge in [0.05, 0.1) is 11.4 Å². The molecule has 0 aliphatic carbocycles. The summed E-state index contributed by atoms with van der Waals surface area (Å²) < 4.78 is 0. The zero-order valence-electron chi connectivity index (χ0n) is 10.5. The minimum Gasteiger partial charge on any atom is -0.324 e. The number of hydrogen-bond donors (Lipinski definition) is 2. The van der Waals surface area contributed by atoms with Crippen LogP contribution in [0.5, 0.6) is 0 Å². The van der Waals surface area contributed by atoms with Crippen LogP contribution in [0.3, 0.4) is 0 Å². The third kappa shape index (κ3) is 3.41. The van der Waals surface area contributed by atoms with E-state index >= 15 is 0 Å². The quantitative estimate of drug-likeness (QED) is 0.604. The molecule has 0 bridgehead atoms. The molecule has 1 aliphatic rings. The Kier molecular flexibility index (Phi) is 4.34. The molecule has 1 aliphatic heterocycles. The smallest absolute Gasteiger partial charge is 0.0564 e. The third-order valence-corrected chi connectivity index (χ3v) is 3.44. The SMILES string of the molecule is CCCC1CCN(Cc2cc(NN)ccn2)C1. The Hall–Kier alpha value is -1.13. The second-order valence-corrected chi connectivity index (χ2v) is 4.86. The first-order valence-electron chi connectivity index (χ1n) is 6.45. The van der Waals surface area contributed by atoms with E-state index in [0.717, 1.165) is 23.8 Å². The van der Waals surface area contributed by atoms with E-state index in [1.807, 2.05) is 18.3 Å². The molecular formula is C13H22N4. The van der Waals surface area contributed by atoms with Crippen LogP contribution in [0.15, 0.2) is 18.3 Å². The predicted octanol–water partition coefficient (Wildman–Crippen LogP) is 1.99. The van der Waals surface area contributed by atoms with Gasteiger partial charge in [-0.2, -0.15) is 0 Å². The Labute approximate surface area is 103 Å². The number of nitrogens with two attached hydrogens (primary N) is 1. The van der Waals surface area contributed by atoms with Gasteiger partial charge in [-0.05, 0) is 37.4 Å². The number of hydrazine groups is 1. The maximum absolute atomic E-state index is 5.40. The van der Waals surface area contributed by atoms with Gasteiger partial charge >= 0.3 is 0 Å². The summed E-state index contributed by atoms with van der Waals surface area (Å²) in [4.78, 5) is 6.87. The fourth-order valence-electron chi connectivity index (χ4n) is 2.58. The fourth-order valence-corrected chi connectivity index (χ4v) is 2.58. The van der Waals surface area contributed by atoms with E-state index in [2.05, 4.69) is 22.2 Å². The van der Waals surface area contributed by atoms with Crippen molar-refractivity contribution in [2.24, 2.45) is 11.8 Å². The number of hydrogen-bond acceptors (Lipinski definition) is 4. The molecule has 1 saturated heterocycles. The summed E-state index contributed by atoms with van der Waals surface area (Å²) >= 11 is 0. The Morgan fingerprint density at radius 3 is 3.24 bits per heavy atom. The number of pyridine rings is 1. The highest BCUT2D eigenvalue weighted by atomic mass is 15.2. The lowest BCUT2D eigenvalue weighted by molar-refractivity contribution is 0.309. The number of nitrogens with one attached hydrogen (secondary N) is 1. The molecule has 3 N–H and O–H groups in total. The molecular weight excluding hydrogens is 212 g/mol. The maximum atomic E-state index is 5.40. The number of likely N-dealkylation sites (tertiary alicyclic amines) is 1. The van der Waals surface area contributed by atoms with Gasteiger partial charge in [-0.15, -0.1) is 0 Å². The van der Waals surface area contributed by atoms with Crippen molar-refractivity contribution in [2.45, 2.75) is 32.7 Å². The molecule has 0 radical (unpaired) electrons. The lowest BCUT2D eigenvalue weighted by Crippen LogP contribution is -2.21. The second-order valence-electron chi connectivity index (χ2n) is 4.86. The van der Waals surface area contributed by atoms with Crippen LogP contribution in [-0.2, 0) is 6.54 Å². The normalized spacial score (nSPS) is 20.7. The lowest BCUT2D eigenvalue weighted by Gasteiger charge is -2.15. The summed E-state index contributed by atoms with van der Waals surface area (Å²) in [5.74, 6) is 6.28. The van der Waals surface area contributed by atoms with E-state index < -0.39 is 0 Å². The summed E-state index contributed by atoms with van der Waals surface area (Å²) in [5.41, 5.74) is 4.69. The third-order valence-electron chi connectivity index (χ3n) is 3.44. The molecule has 1 aromatic rings. The molecule has 0 aromatic carbocycles. The van der Waals surface area contributed by atoms with E-state index in [1.54, 1.807) is 0 Å². The number of rotatable bonds is 5. The van der Waals surface area contributed by atoms with Crippen molar-refractivity contribution in [3.05, 3.63) is 24.0 Å². The average Bonchev–Trinajstić information content (AvgIpc) is 2.77. The Morgan fingerprint density at radius 1 is 1.59 bits per heavy atom. The van der Waals surface area contributed by atoms with Crippen molar-refractivity contribution in [2.75, 3.05) is 18.5 Å². The highest BCUT2D eigenvalue weighted by molar-refractivity contribution is 5.41. The van der Waals surface area contributed by atoms with Gasteiger partial charge in [0, 0.05) is 19.3 Å². The summed E-state index contributed by atoms with van der Waals surface area (Å²) in [7, 11) is 0. The molecule has 1 unspecified atom stereocenters. The zero-order valence-corrected chi connectivity index (χ0v) is 10.5. The summed E-state index contributed by atoms with van der Waals surface area (Å²) in [6.45, 7) is 5.62. The first-order valence-corrected chi connectivity index (χ1v) is 6.45. The van der Waals surface area contributed by atoms with Crippen LogP contribution in [0, 0.1) is 5.92 Å². The van der Waals surface area contributed by atoms with Crippen LogP contribution in [0.2, 0.25) is 0 Å². The van der Waals surface area contributed by atoms with Crippen molar-refractivity contribution in [1.82, 2.24) is 9.88 Å². The summed E-state index contributed by atoms with van der Waals surface area (Å²) in [6, 6.07) is 3.90. The van der Waals surface area contributed by atoms with Gasteiger partial charge in [0.15, 0.2) is 0 Å². The van der Waals surface area contributed by atoms with Crippen LogP contribution < -0.4 is 11.3 Å². The van der Waals surface area contributed by atoms with Crippen LogP contribution in [-0.4, -0.2) is 23.0 Å². The van der Waals surface area contributed by atoms with Crippen LogP contribution in [0.4, 0.5) is 5.69 Å². The van der Waals surface area contributed by atoms with Crippen molar-refractivity contribution >= 4 is 5.69 Å². The molecule has 2 heterocycles. The van der Waals surface area contributed by atoms with Crippen molar-refractivity contribution in [3.8, 4) is 0 Å². The first kappa shape index (κ1) is 12.3. The van der Waals surface area contributed by atoms with Crippen molar-refractivity contribution < 1.29 is 0 Å². The fraction of sp³-hybridized carbons (Fsp3) is 0.615.